The molecule has 1 atom stereocenters. The average molecular weight is 324 g/mol. The van der Waals surface area contributed by atoms with Crippen molar-refractivity contribution in [3.8, 4) is 17.6 Å². The summed E-state index contributed by atoms with van der Waals surface area (Å²) in [5.41, 5.74) is 8.32. The minimum Gasteiger partial charge on any atom is -0.497 e. The molecule has 0 aliphatic carbocycles. The van der Waals surface area contributed by atoms with Crippen LogP contribution in [-0.4, -0.2) is 13.4 Å². The maximum absolute atomic E-state index is 9.52. The molecule has 0 radical (unpaired) electrons. The molecule has 2 aromatic rings. The first-order chi connectivity index (χ1) is 11.2. The molecule has 2 N–H and O–H groups in total. The minimum absolute atomic E-state index is 0.146. The van der Waals surface area contributed by atoms with Gasteiger partial charge in [0.25, 0.3) is 0 Å². The first-order valence-electron chi connectivity index (χ1n) is 7.07. The number of benzene rings is 2. The maximum atomic E-state index is 9.52. The third-order valence-electron chi connectivity index (χ3n) is 3.88. The molecule has 116 valence electrons. The molecule has 0 unspecified atom stereocenters. The number of nitrogens with zero attached hydrogens (tertiary/aromatic N) is 1. The maximum Gasteiger partial charge on any atom is 0.205 e. The molecule has 0 spiro atoms. The monoisotopic (exact) mass is 324 g/mol. The lowest BCUT2D eigenvalue weighted by molar-refractivity contribution is 0.381. The standard InChI is InChI=1S/C18H16N2O2S/c1-21-12-5-8-14-16(9-12)22-18(20)15(10-19)17(14)11-3-6-13(23-2)7-4-11/h3-9,17H,20H2,1-2H3/t17-/m0/s1. The van der Waals surface area contributed by atoms with Crippen molar-refractivity contribution in [3.63, 3.8) is 0 Å². The number of ether oxygens (including phenoxy) is 2. The lowest BCUT2D eigenvalue weighted by Gasteiger charge is -2.26. The van der Waals surface area contributed by atoms with E-state index in [9.17, 15) is 5.26 Å². The zero-order chi connectivity index (χ0) is 16.4. The van der Waals surface area contributed by atoms with Gasteiger partial charge in [-0.1, -0.05) is 18.2 Å². The normalized spacial score (nSPS) is 16.3. The van der Waals surface area contributed by atoms with Gasteiger partial charge in [0.15, 0.2) is 0 Å². The van der Waals surface area contributed by atoms with E-state index in [-0.39, 0.29) is 11.8 Å². The van der Waals surface area contributed by atoms with Gasteiger partial charge >= 0.3 is 0 Å². The predicted molar refractivity (Wildman–Crippen MR) is 90.5 cm³/mol. The third-order valence-corrected chi connectivity index (χ3v) is 4.62. The highest BCUT2D eigenvalue weighted by Gasteiger charge is 2.30. The summed E-state index contributed by atoms with van der Waals surface area (Å²) < 4.78 is 10.9. The number of nitriles is 1. The SMILES string of the molecule is COc1ccc2c(c1)OC(N)=C(C#N)[C@H]2c1ccc(SC)cc1. The van der Waals surface area contributed by atoms with E-state index in [4.69, 9.17) is 15.2 Å². The number of allylic oxidation sites excluding steroid dienone is 1. The summed E-state index contributed by atoms with van der Waals surface area (Å²) in [5.74, 6) is 1.23. The van der Waals surface area contributed by atoms with Gasteiger partial charge in [0, 0.05) is 16.5 Å². The first-order valence-corrected chi connectivity index (χ1v) is 8.30. The van der Waals surface area contributed by atoms with Gasteiger partial charge in [0.1, 0.15) is 23.1 Å². The number of methoxy groups -OCH3 is 1. The zero-order valence-corrected chi connectivity index (χ0v) is 13.7. The molecule has 1 heterocycles. The van der Waals surface area contributed by atoms with Crippen LogP contribution in [0.2, 0.25) is 0 Å². The average Bonchev–Trinajstić information content (AvgIpc) is 2.60. The Balaban J connectivity index is 2.14. The Bertz CT molecular complexity index is 807. The summed E-state index contributed by atoms with van der Waals surface area (Å²) in [6.45, 7) is 0. The van der Waals surface area contributed by atoms with Crippen LogP contribution in [0.5, 0.6) is 11.5 Å². The van der Waals surface area contributed by atoms with Crippen LogP contribution in [0, 0.1) is 11.3 Å². The smallest absolute Gasteiger partial charge is 0.205 e. The summed E-state index contributed by atoms with van der Waals surface area (Å²) in [6.07, 6.45) is 2.03. The van der Waals surface area contributed by atoms with Gasteiger partial charge in [-0.05, 0) is 30.0 Å². The van der Waals surface area contributed by atoms with E-state index >= 15 is 0 Å². The van der Waals surface area contributed by atoms with E-state index in [1.54, 1.807) is 24.9 Å². The zero-order valence-electron chi connectivity index (χ0n) is 12.9. The highest BCUT2D eigenvalue weighted by atomic mass is 32.2. The highest BCUT2D eigenvalue weighted by molar-refractivity contribution is 7.98. The van der Waals surface area contributed by atoms with Gasteiger partial charge in [0.05, 0.1) is 13.0 Å². The first kappa shape index (κ1) is 15.3. The van der Waals surface area contributed by atoms with Crippen LogP contribution >= 0.6 is 11.8 Å². The molecule has 0 bridgehead atoms. The van der Waals surface area contributed by atoms with Gasteiger partial charge in [-0.2, -0.15) is 5.26 Å². The van der Waals surface area contributed by atoms with Crippen LogP contribution in [0.1, 0.15) is 17.0 Å². The molecule has 0 fully saturated rings. The van der Waals surface area contributed by atoms with Gasteiger partial charge in [-0.15, -0.1) is 11.8 Å². The molecule has 5 heteroatoms. The number of hydrogen-bond acceptors (Lipinski definition) is 5. The van der Waals surface area contributed by atoms with Gasteiger partial charge in [-0.3, -0.25) is 0 Å². The van der Waals surface area contributed by atoms with Crippen molar-refractivity contribution >= 4 is 11.8 Å². The van der Waals surface area contributed by atoms with Crippen molar-refractivity contribution in [1.29, 1.82) is 5.26 Å². The summed E-state index contributed by atoms with van der Waals surface area (Å²) in [7, 11) is 1.60. The number of rotatable bonds is 3. The predicted octanol–water partition coefficient (Wildman–Crippen LogP) is 3.64. The Morgan fingerprint density at radius 2 is 1.96 bits per heavy atom. The topological polar surface area (TPSA) is 68.3 Å². The van der Waals surface area contributed by atoms with Gasteiger partial charge in [-0.25, -0.2) is 0 Å². The molecule has 23 heavy (non-hydrogen) atoms. The van der Waals surface area contributed by atoms with Crippen molar-refractivity contribution in [3.05, 3.63) is 65.0 Å². The second-order valence-corrected chi connectivity index (χ2v) is 5.98. The van der Waals surface area contributed by atoms with Gasteiger partial charge in [0.2, 0.25) is 5.88 Å². The van der Waals surface area contributed by atoms with E-state index in [2.05, 4.69) is 6.07 Å². The van der Waals surface area contributed by atoms with Crippen molar-refractivity contribution in [1.82, 2.24) is 0 Å². The highest BCUT2D eigenvalue weighted by Crippen LogP contribution is 2.43. The van der Waals surface area contributed by atoms with Crippen molar-refractivity contribution in [2.45, 2.75) is 10.8 Å². The lowest BCUT2D eigenvalue weighted by atomic mass is 9.83. The van der Waals surface area contributed by atoms with Crippen LogP contribution in [0.25, 0.3) is 0 Å². The van der Waals surface area contributed by atoms with E-state index in [1.165, 1.54) is 4.90 Å². The summed E-state index contributed by atoms with van der Waals surface area (Å²) in [5, 5.41) is 9.52. The molecular weight excluding hydrogens is 308 g/mol. The van der Waals surface area contributed by atoms with Crippen LogP contribution in [-0.2, 0) is 0 Å². The van der Waals surface area contributed by atoms with E-state index in [0.29, 0.717) is 17.1 Å². The fourth-order valence-corrected chi connectivity index (χ4v) is 3.11. The molecule has 1 aliphatic rings. The Hall–Kier alpha value is -2.58. The van der Waals surface area contributed by atoms with Crippen LogP contribution in [0.4, 0.5) is 0 Å². The van der Waals surface area contributed by atoms with E-state index < -0.39 is 0 Å². The fourth-order valence-electron chi connectivity index (χ4n) is 2.70. The van der Waals surface area contributed by atoms with Gasteiger partial charge < -0.3 is 15.2 Å². The molecule has 0 amide bonds. The molecule has 0 saturated carbocycles. The van der Waals surface area contributed by atoms with Crippen LogP contribution in [0.3, 0.4) is 0 Å². The largest absolute Gasteiger partial charge is 0.497 e. The van der Waals surface area contributed by atoms with Crippen molar-refractivity contribution in [2.24, 2.45) is 5.73 Å². The lowest BCUT2D eigenvalue weighted by Crippen LogP contribution is -2.21. The second kappa shape index (κ2) is 6.27. The van der Waals surface area contributed by atoms with Crippen LogP contribution < -0.4 is 15.2 Å². The quantitative estimate of drug-likeness (QED) is 0.873. The van der Waals surface area contributed by atoms with Crippen molar-refractivity contribution in [2.75, 3.05) is 13.4 Å². The molecule has 3 rings (SSSR count). The van der Waals surface area contributed by atoms with E-state index in [0.717, 1.165) is 11.1 Å². The summed E-state index contributed by atoms with van der Waals surface area (Å²) in [4.78, 5) is 1.17. The summed E-state index contributed by atoms with van der Waals surface area (Å²) >= 11 is 1.68. The Labute approximate surface area is 139 Å². The van der Waals surface area contributed by atoms with E-state index in [1.807, 2.05) is 42.7 Å². The number of thioether (sulfide) groups is 1. The minimum atomic E-state index is -0.231. The third kappa shape index (κ3) is 2.73. The summed E-state index contributed by atoms with van der Waals surface area (Å²) in [6, 6.07) is 15.9. The Morgan fingerprint density at radius 3 is 2.57 bits per heavy atom. The van der Waals surface area contributed by atoms with Crippen molar-refractivity contribution < 1.29 is 9.47 Å². The molecule has 0 saturated heterocycles. The number of hydrogen-bond donors (Lipinski definition) is 1. The number of fused-ring (bicyclic) bond motifs is 1. The molecule has 1 aliphatic heterocycles. The molecule has 4 nitrogen and oxygen atoms in total. The second-order valence-electron chi connectivity index (χ2n) is 5.10. The molecule has 2 aromatic carbocycles. The fraction of sp³-hybridized carbons (Fsp3) is 0.167. The van der Waals surface area contributed by atoms with Crippen LogP contribution in [0.15, 0.2) is 58.8 Å². The molecule has 0 aromatic heterocycles. The Morgan fingerprint density at radius 1 is 1.22 bits per heavy atom. The molecular formula is C18H16N2O2S. The Kier molecular flexibility index (Phi) is 4.18. The number of nitrogens with two attached hydrogens (primary N) is 1.